The maximum absolute atomic E-state index is 11.6. The zero-order valence-electron chi connectivity index (χ0n) is 9.04. The second-order valence-corrected chi connectivity index (χ2v) is 3.26. The molecule has 0 radical (unpaired) electrons. The Morgan fingerprint density at radius 1 is 1.31 bits per heavy atom. The SMILES string of the molecule is COC(=O)c1c(C)nnn1-c1ccccc1. The van der Waals surface area contributed by atoms with Crippen molar-refractivity contribution in [2.75, 3.05) is 7.11 Å². The summed E-state index contributed by atoms with van der Waals surface area (Å²) in [6.07, 6.45) is 0. The molecule has 1 heterocycles. The van der Waals surface area contributed by atoms with Gasteiger partial charge < -0.3 is 4.74 Å². The number of hydrogen-bond donors (Lipinski definition) is 0. The van der Waals surface area contributed by atoms with E-state index >= 15 is 0 Å². The highest BCUT2D eigenvalue weighted by atomic mass is 16.5. The van der Waals surface area contributed by atoms with Crippen molar-refractivity contribution in [3.05, 3.63) is 41.7 Å². The van der Waals surface area contributed by atoms with Gasteiger partial charge in [-0.1, -0.05) is 23.4 Å². The molecule has 0 N–H and O–H groups in total. The average Bonchev–Trinajstić information content (AvgIpc) is 2.71. The number of ether oxygens (including phenoxy) is 1. The van der Waals surface area contributed by atoms with Crippen LogP contribution >= 0.6 is 0 Å². The molecular formula is C11H11N3O2. The average molecular weight is 217 g/mol. The van der Waals surface area contributed by atoms with Crippen LogP contribution in [0.4, 0.5) is 0 Å². The number of aryl methyl sites for hydroxylation is 1. The summed E-state index contributed by atoms with van der Waals surface area (Å²) in [5.74, 6) is -0.439. The first-order valence-corrected chi connectivity index (χ1v) is 4.80. The first kappa shape index (κ1) is 10.4. The van der Waals surface area contributed by atoms with Crippen molar-refractivity contribution in [3.63, 3.8) is 0 Å². The lowest BCUT2D eigenvalue weighted by molar-refractivity contribution is 0.0589. The molecule has 2 aromatic rings. The molecule has 82 valence electrons. The molecule has 0 spiro atoms. The van der Waals surface area contributed by atoms with Gasteiger partial charge in [0.15, 0.2) is 5.69 Å². The van der Waals surface area contributed by atoms with E-state index in [1.807, 2.05) is 30.3 Å². The summed E-state index contributed by atoms with van der Waals surface area (Å²) in [5, 5.41) is 7.79. The maximum Gasteiger partial charge on any atom is 0.358 e. The van der Waals surface area contributed by atoms with Crippen LogP contribution in [-0.4, -0.2) is 28.1 Å². The van der Waals surface area contributed by atoms with E-state index in [1.54, 1.807) is 6.92 Å². The van der Waals surface area contributed by atoms with E-state index in [0.29, 0.717) is 11.4 Å². The summed E-state index contributed by atoms with van der Waals surface area (Å²) in [4.78, 5) is 11.6. The van der Waals surface area contributed by atoms with Crippen LogP contribution in [0.5, 0.6) is 0 Å². The van der Waals surface area contributed by atoms with Crippen molar-refractivity contribution in [1.29, 1.82) is 0 Å². The molecule has 0 unspecified atom stereocenters. The Labute approximate surface area is 92.7 Å². The first-order chi connectivity index (χ1) is 7.74. The van der Waals surface area contributed by atoms with E-state index in [0.717, 1.165) is 5.69 Å². The highest BCUT2D eigenvalue weighted by molar-refractivity contribution is 5.89. The van der Waals surface area contributed by atoms with E-state index in [4.69, 9.17) is 4.74 Å². The van der Waals surface area contributed by atoms with Crippen molar-refractivity contribution in [2.24, 2.45) is 0 Å². The van der Waals surface area contributed by atoms with Crippen LogP contribution in [0.15, 0.2) is 30.3 Å². The van der Waals surface area contributed by atoms with Crippen LogP contribution in [0.25, 0.3) is 5.69 Å². The van der Waals surface area contributed by atoms with Crippen molar-refractivity contribution in [1.82, 2.24) is 15.0 Å². The monoisotopic (exact) mass is 217 g/mol. The van der Waals surface area contributed by atoms with E-state index in [9.17, 15) is 4.79 Å². The molecule has 2 rings (SSSR count). The zero-order valence-corrected chi connectivity index (χ0v) is 9.04. The number of hydrogen-bond acceptors (Lipinski definition) is 4. The van der Waals surface area contributed by atoms with Gasteiger partial charge in [-0.3, -0.25) is 0 Å². The Bertz CT molecular complexity index is 505. The summed E-state index contributed by atoms with van der Waals surface area (Å²) in [6.45, 7) is 1.72. The van der Waals surface area contributed by atoms with Gasteiger partial charge in [0.05, 0.1) is 18.5 Å². The van der Waals surface area contributed by atoms with Crippen LogP contribution in [-0.2, 0) is 4.74 Å². The fourth-order valence-electron chi connectivity index (χ4n) is 1.44. The molecular weight excluding hydrogens is 206 g/mol. The highest BCUT2D eigenvalue weighted by Crippen LogP contribution is 2.12. The van der Waals surface area contributed by atoms with Gasteiger partial charge in [-0.15, -0.1) is 5.10 Å². The highest BCUT2D eigenvalue weighted by Gasteiger charge is 2.18. The third-order valence-electron chi connectivity index (χ3n) is 2.22. The van der Waals surface area contributed by atoms with Crippen LogP contribution in [0.3, 0.4) is 0 Å². The van der Waals surface area contributed by atoms with Crippen LogP contribution in [0, 0.1) is 6.92 Å². The zero-order chi connectivity index (χ0) is 11.5. The van der Waals surface area contributed by atoms with Gasteiger partial charge in [-0.25, -0.2) is 9.48 Å². The van der Waals surface area contributed by atoms with E-state index < -0.39 is 5.97 Å². The number of carbonyl (C=O) groups excluding carboxylic acids is 1. The Kier molecular flexibility index (Phi) is 2.68. The molecule has 5 heteroatoms. The number of nitrogens with zero attached hydrogens (tertiary/aromatic N) is 3. The van der Waals surface area contributed by atoms with Crippen molar-refractivity contribution < 1.29 is 9.53 Å². The van der Waals surface area contributed by atoms with E-state index in [1.165, 1.54) is 11.8 Å². The Morgan fingerprint density at radius 3 is 2.62 bits per heavy atom. The number of benzene rings is 1. The van der Waals surface area contributed by atoms with Crippen molar-refractivity contribution in [3.8, 4) is 5.69 Å². The molecule has 0 bridgehead atoms. The molecule has 0 aliphatic carbocycles. The summed E-state index contributed by atoms with van der Waals surface area (Å²) in [5.41, 5.74) is 1.69. The van der Waals surface area contributed by atoms with Crippen LogP contribution < -0.4 is 0 Å². The number of esters is 1. The van der Waals surface area contributed by atoms with Gasteiger partial charge >= 0.3 is 5.97 Å². The topological polar surface area (TPSA) is 57.0 Å². The third-order valence-corrected chi connectivity index (χ3v) is 2.22. The smallest absolute Gasteiger partial charge is 0.358 e. The van der Waals surface area contributed by atoms with Gasteiger partial charge in [0.25, 0.3) is 0 Å². The Balaban J connectivity index is 2.55. The summed E-state index contributed by atoms with van der Waals surface area (Å²) >= 11 is 0. The first-order valence-electron chi connectivity index (χ1n) is 4.80. The molecule has 1 aromatic heterocycles. The molecule has 0 saturated heterocycles. The largest absolute Gasteiger partial charge is 0.464 e. The lowest BCUT2D eigenvalue weighted by atomic mass is 10.3. The van der Waals surface area contributed by atoms with Crippen molar-refractivity contribution >= 4 is 5.97 Å². The van der Waals surface area contributed by atoms with E-state index in [2.05, 4.69) is 10.3 Å². The Morgan fingerprint density at radius 2 is 2.00 bits per heavy atom. The third kappa shape index (κ3) is 1.67. The van der Waals surface area contributed by atoms with Crippen LogP contribution in [0.1, 0.15) is 16.2 Å². The molecule has 1 aromatic carbocycles. The molecule has 16 heavy (non-hydrogen) atoms. The minimum Gasteiger partial charge on any atom is -0.464 e. The number of para-hydroxylation sites is 1. The molecule has 0 fully saturated rings. The molecule has 0 amide bonds. The second kappa shape index (κ2) is 4.14. The summed E-state index contributed by atoms with van der Waals surface area (Å²) in [6, 6.07) is 9.33. The minimum absolute atomic E-state index is 0.355. The van der Waals surface area contributed by atoms with Gasteiger partial charge in [0.2, 0.25) is 0 Å². The number of carbonyl (C=O) groups is 1. The minimum atomic E-state index is -0.439. The second-order valence-electron chi connectivity index (χ2n) is 3.26. The summed E-state index contributed by atoms with van der Waals surface area (Å²) < 4.78 is 6.17. The fraction of sp³-hybridized carbons (Fsp3) is 0.182. The number of methoxy groups -OCH3 is 1. The van der Waals surface area contributed by atoms with Gasteiger partial charge in [0.1, 0.15) is 0 Å². The molecule has 0 aliphatic rings. The number of aromatic nitrogens is 3. The quantitative estimate of drug-likeness (QED) is 0.713. The predicted molar refractivity (Wildman–Crippen MR) is 57.4 cm³/mol. The van der Waals surface area contributed by atoms with Gasteiger partial charge in [-0.05, 0) is 19.1 Å². The Hall–Kier alpha value is -2.17. The predicted octanol–water partition coefficient (Wildman–Crippen LogP) is 1.36. The maximum atomic E-state index is 11.6. The van der Waals surface area contributed by atoms with Gasteiger partial charge in [-0.2, -0.15) is 0 Å². The standard InChI is InChI=1S/C11H11N3O2/c1-8-10(11(15)16-2)14(13-12-8)9-6-4-3-5-7-9/h3-7H,1-2H3. The molecule has 0 atom stereocenters. The fourth-order valence-corrected chi connectivity index (χ4v) is 1.44. The lowest BCUT2D eigenvalue weighted by Gasteiger charge is -2.04. The normalized spacial score (nSPS) is 10.1. The van der Waals surface area contributed by atoms with Crippen molar-refractivity contribution in [2.45, 2.75) is 6.92 Å². The number of rotatable bonds is 2. The lowest BCUT2D eigenvalue weighted by Crippen LogP contribution is -2.11. The summed E-state index contributed by atoms with van der Waals surface area (Å²) in [7, 11) is 1.34. The molecule has 0 aliphatic heterocycles. The van der Waals surface area contributed by atoms with Gasteiger partial charge in [0, 0.05) is 0 Å². The van der Waals surface area contributed by atoms with E-state index in [-0.39, 0.29) is 0 Å². The molecule has 5 nitrogen and oxygen atoms in total. The molecule has 0 saturated carbocycles. The van der Waals surface area contributed by atoms with Crippen LogP contribution in [0.2, 0.25) is 0 Å².